The van der Waals surface area contributed by atoms with E-state index in [-0.39, 0.29) is 5.56 Å². The lowest BCUT2D eigenvalue weighted by Gasteiger charge is -2.05. The summed E-state index contributed by atoms with van der Waals surface area (Å²) >= 11 is 7.41. The second-order valence-electron chi connectivity index (χ2n) is 6.07. The van der Waals surface area contributed by atoms with Crippen molar-refractivity contribution in [3.05, 3.63) is 75.4 Å². The molecule has 132 valence electrons. The van der Waals surface area contributed by atoms with Crippen molar-refractivity contribution in [3.63, 3.8) is 0 Å². The van der Waals surface area contributed by atoms with Gasteiger partial charge in [-0.3, -0.25) is 9.36 Å². The van der Waals surface area contributed by atoms with E-state index in [4.69, 9.17) is 11.6 Å². The number of rotatable bonds is 2. The van der Waals surface area contributed by atoms with Gasteiger partial charge in [-0.1, -0.05) is 23.7 Å². The van der Waals surface area contributed by atoms with Crippen molar-refractivity contribution >= 4 is 39.5 Å². The molecule has 0 atom stereocenters. The van der Waals surface area contributed by atoms with E-state index < -0.39 is 0 Å². The zero-order valence-electron chi connectivity index (χ0n) is 14.1. The molecule has 0 radical (unpaired) electrons. The number of halogens is 1. The fourth-order valence-electron chi connectivity index (χ4n) is 3.22. The average molecular weight is 394 g/mol. The van der Waals surface area contributed by atoms with E-state index in [1.807, 2.05) is 42.6 Å². The summed E-state index contributed by atoms with van der Waals surface area (Å²) < 4.78 is 3.25. The molecule has 0 aliphatic carbocycles. The fourth-order valence-corrected chi connectivity index (χ4v) is 3.96. The molecular formula is C19H12ClN5OS. The van der Waals surface area contributed by atoms with Gasteiger partial charge >= 0.3 is 0 Å². The quantitative estimate of drug-likeness (QED) is 0.452. The van der Waals surface area contributed by atoms with Crippen LogP contribution < -0.4 is 5.56 Å². The highest BCUT2D eigenvalue weighted by molar-refractivity contribution is 7.12. The van der Waals surface area contributed by atoms with Crippen molar-refractivity contribution in [1.82, 2.24) is 24.1 Å². The highest BCUT2D eigenvalue weighted by Gasteiger charge is 2.16. The highest BCUT2D eigenvalue weighted by atomic mass is 35.5. The van der Waals surface area contributed by atoms with Crippen molar-refractivity contribution in [3.8, 4) is 16.3 Å². The van der Waals surface area contributed by atoms with E-state index in [1.165, 1.54) is 15.9 Å². The molecule has 5 aromatic rings. The third kappa shape index (κ3) is 2.47. The Hall–Kier alpha value is -3.03. The van der Waals surface area contributed by atoms with Gasteiger partial charge in [0, 0.05) is 34.6 Å². The van der Waals surface area contributed by atoms with E-state index in [0.717, 1.165) is 16.8 Å². The Balaban J connectivity index is 1.79. The number of hydrogen-bond donors (Lipinski definition) is 0. The predicted molar refractivity (Wildman–Crippen MR) is 107 cm³/mol. The summed E-state index contributed by atoms with van der Waals surface area (Å²) in [5, 5.41) is 8.26. The van der Waals surface area contributed by atoms with E-state index in [0.29, 0.717) is 26.7 Å². The molecule has 6 nitrogen and oxygen atoms in total. The molecular weight excluding hydrogens is 382 g/mol. The molecule has 0 amide bonds. The number of nitrogens with zero attached hydrogens (tertiary/aromatic N) is 5. The van der Waals surface area contributed by atoms with Crippen LogP contribution >= 0.6 is 22.9 Å². The van der Waals surface area contributed by atoms with Crippen LogP contribution in [0.4, 0.5) is 0 Å². The smallest absolute Gasteiger partial charge is 0.267 e. The van der Waals surface area contributed by atoms with Crippen molar-refractivity contribution in [2.75, 3.05) is 0 Å². The molecule has 0 saturated heterocycles. The van der Waals surface area contributed by atoms with E-state index in [2.05, 4.69) is 15.1 Å². The van der Waals surface area contributed by atoms with Crippen LogP contribution in [0.25, 0.3) is 32.8 Å². The van der Waals surface area contributed by atoms with Crippen LogP contribution in [0.3, 0.4) is 0 Å². The standard InChI is InChI=1S/C19H12ClN5OS/c1-11-16(12-2-4-13(20)5-3-12)17-22-10-14-15(25(17)23-11)6-8-24(18(14)26)19-21-7-9-27-19/h2-10H,1H3. The van der Waals surface area contributed by atoms with Crippen LogP contribution in [0.2, 0.25) is 5.02 Å². The maximum atomic E-state index is 12.9. The van der Waals surface area contributed by atoms with Crippen LogP contribution in [-0.4, -0.2) is 24.1 Å². The Labute approximate surface area is 162 Å². The Kier molecular flexibility index (Phi) is 3.60. The summed E-state index contributed by atoms with van der Waals surface area (Å²) in [5.74, 6) is 0. The number of fused-ring (bicyclic) bond motifs is 3. The number of aryl methyl sites for hydroxylation is 1. The zero-order chi connectivity index (χ0) is 18.5. The first kappa shape index (κ1) is 16.2. The number of aromatic nitrogens is 5. The third-order valence-electron chi connectivity index (χ3n) is 4.45. The first-order valence-corrected chi connectivity index (χ1v) is 9.45. The van der Waals surface area contributed by atoms with Gasteiger partial charge in [0.25, 0.3) is 5.56 Å². The summed E-state index contributed by atoms with van der Waals surface area (Å²) in [5.41, 5.74) is 3.99. The first-order chi connectivity index (χ1) is 13.1. The first-order valence-electron chi connectivity index (χ1n) is 8.19. The zero-order valence-corrected chi connectivity index (χ0v) is 15.7. The van der Waals surface area contributed by atoms with E-state index in [9.17, 15) is 4.79 Å². The minimum Gasteiger partial charge on any atom is -0.268 e. The second kappa shape index (κ2) is 6.00. The molecule has 0 saturated carbocycles. The van der Waals surface area contributed by atoms with Gasteiger partial charge in [0.15, 0.2) is 10.8 Å². The molecule has 4 aromatic heterocycles. The Morgan fingerprint density at radius 2 is 1.93 bits per heavy atom. The molecule has 27 heavy (non-hydrogen) atoms. The lowest BCUT2D eigenvalue weighted by molar-refractivity contribution is 0.937. The van der Waals surface area contributed by atoms with Crippen LogP contribution in [0.5, 0.6) is 0 Å². The Morgan fingerprint density at radius 1 is 1.11 bits per heavy atom. The fraction of sp³-hybridized carbons (Fsp3) is 0.0526. The summed E-state index contributed by atoms with van der Waals surface area (Å²) in [6.07, 6.45) is 5.01. The number of benzene rings is 1. The van der Waals surface area contributed by atoms with E-state index in [1.54, 1.807) is 23.1 Å². The van der Waals surface area contributed by atoms with Gasteiger partial charge in [-0.25, -0.2) is 14.5 Å². The Morgan fingerprint density at radius 3 is 2.67 bits per heavy atom. The predicted octanol–water partition coefficient (Wildman–Crippen LogP) is 4.12. The summed E-state index contributed by atoms with van der Waals surface area (Å²) in [4.78, 5) is 21.7. The van der Waals surface area contributed by atoms with Gasteiger partial charge in [-0.15, -0.1) is 11.3 Å². The number of pyridine rings is 1. The molecule has 0 aliphatic heterocycles. The van der Waals surface area contributed by atoms with Gasteiger partial charge in [0.2, 0.25) is 0 Å². The molecule has 0 aliphatic rings. The van der Waals surface area contributed by atoms with Crippen LogP contribution in [0, 0.1) is 6.92 Å². The molecule has 0 spiro atoms. The number of hydrogen-bond acceptors (Lipinski definition) is 5. The molecule has 0 N–H and O–H groups in total. The monoisotopic (exact) mass is 393 g/mol. The normalized spacial score (nSPS) is 11.5. The van der Waals surface area contributed by atoms with Gasteiger partial charge in [0.05, 0.1) is 16.6 Å². The van der Waals surface area contributed by atoms with Crippen LogP contribution in [-0.2, 0) is 0 Å². The molecule has 1 aromatic carbocycles. The van der Waals surface area contributed by atoms with Crippen molar-refractivity contribution < 1.29 is 0 Å². The maximum absolute atomic E-state index is 12.9. The highest BCUT2D eigenvalue weighted by Crippen LogP contribution is 2.29. The molecule has 0 bridgehead atoms. The van der Waals surface area contributed by atoms with E-state index >= 15 is 0 Å². The van der Waals surface area contributed by atoms with Gasteiger partial charge in [0.1, 0.15) is 0 Å². The van der Waals surface area contributed by atoms with Crippen molar-refractivity contribution in [1.29, 1.82) is 0 Å². The van der Waals surface area contributed by atoms with Gasteiger partial charge in [-0.2, -0.15) is 5.10 Å². The lowest BCUT2D eigenvalue weighted by atomic mass is 10.1. The number of thiazole rings is 1. The third-order valence-corrected chi connectivity index (χ3v) is 5.47. The molecule has 0 unspecified atom stereocenters. The molecule has 5 rings (SSSR count). The Bertz CT molecular complexity index is 1350. The van der Waals surface area contributed by atoms with Gasteiger partial charge < -0.3 is 0 Å². The van der Waals surface area contributed by atoms with Gasteiger partial charge in [-0.05, 0) is 30.7 Å². The molecule has 4 heterocycles. The molecule has 8 heteroatoms. The second-order valence-corrected chi connectivity index (χ2v) is 7.37. The topological polar surface area (TPSA) is 65.1 Å². The van der Waals surface area contributed by atoms with Crippen LogP contribution in [0.1, 0.15) is 5.69 Å². The van der Waals surface area contributed by atoms with Crippen molar-refractivity contribution in [2.24, 2.45) is 0 Å². The van der Waals surface area contributed by atoms with Crippen molar-refractivity contribution in [2.45, 2.75) is 6.92 Å². The van der Waals surface area contributed by atoms with Crippen LogP contribution in [0.15, 0.2) is 59.1 Å². The summed E-state index contributed by atoms with van der Waals surface area (Å²) in [6, 6.07) is 9.43. The molecule has 0 fully saturated rings. The largest absolute Gasteiger partial charge is 0.268 e. The minimum absolute atomic E-state index is 0.168. The summed E-state index contributed by atoms with van der Waals surface area (Å²) in [7, 11) is 0. The maximum Gasteiger partial charge on any atom is 0.267 e. The summed E-state index contributed by atoms with van der Waals surface area (Å²) in [6.45, 7) is 1.93. The minimum atomic E-state index is -0.168. The lowest BCUT2D eigenvalue weighted by Crippen LogP contribution is -2.18. The SMILES string of the molecule is Cc1nn2c(ncc3c(=O)n(-c4nccs4)ccc32)c1-c1ccc(Cl)cc1. The average Bonchev–Trinajstić information content (AvgIpc) is 3.30.